The monoisotopic (exact) mass is 527 g/mol. The normalized spacial score (nSPS) is 14.3. The van der Waals surface area contributed by atoms with Crippen molar-refractivity contribution >= 4 is 18.3 Å². The number of likely N-dealkylation sites (N-methyl/N-ethyl adjacent to an activating group) is 1. The number of unbranched alkanes of at least 4 members (excludes halogenated alkanes) is 1. The van der Waals surface area contributed by atoms with E-state index in [1.54, 1.807) is 48.1 Å². The third kappa shape index (κ3) is 9.59. The summed E-state index contributed by atoms with van der Waals surface area (Å²) in [5, 5.41) is 15.5. The van der Waals surface area contributed by atoms with E-state index in [9.17, 15) is 19.5 Å². The first-order valence-corrected chi connectivity index (χ1v) is 12.8. The number of nitrogens with one attached hydrogen (secondary N) is 1. The maximum absolute atomic E-state index is 12.8. The fourth-order valence-electron chi connectivity index (χ4n) is 3.86. The summed E-state index contributed by atoms with van der Waals surface area (Å²) < 4.78 is 5.14. The van der Waals surface area contributed by atoms with Gasteiger partial charge in [0.05, 0.1) is 13.7 Å². The number of carbonyl (C=O) groups excluding carboxylic acids is 3. The largest absolute Gasteiger partial charge is 0.508 e. The molecule has 1 aliphatic heterocycles. The summed E-state index contributed by atoms with van der Waals surface area (Å²) in [7, 11) is 5.13. The molecule has 0 saturated carbocycles. The molecule has 2 aromatic carbocycles. The Morgan fingerprint density at radius 3 is 2.37 bits per heavy atom. The zero-order valence-corrected chi connectivity index (χ0v) is 23.1. The van der Waals surface area contributed by atoms with Crippen LogP contribution in [0.2, 0.25) is 0 Å². The van der Waals surface area contributed by atoms with E-state index in [1.165, 1.54) is 5.01 Å². The first-order valence-electron chi connectivity index (χ1n) is 12.8. The maximum atomic E-state index is 12.8. The van der Waals surface area contributed by atoms with E-state index < -0.39 is 0 Å². The number of hydrogen-bond donors (Lipinski definition) is 2. The smallest absolute Gasteiger partial charge is 0.333 e. The topological polar surface area (TPSA) is 106 Å². The van der Waals surface area contributed by atoms with Gasteiger partial charge in [0, 0.05) is 33.2 Å². The standard InChI is InChI=1S/C22H28N4O4.C6H13NO/c1-16(12-17-4-8-19(27)9-5-17)25-15-26(24(2)14-21(25)28)22(29)23-13-18-6-10-20(30-3)11-7-18;1-3-4-5-7(2)6-8/h4-11,16,27H,12-15H2,1-3H3,(H,23,29);6H,3-5H2,1-2H3. The number of phenols is 1. The van der Waals surface area contributed by atoms with E-state index in [1.807, 2.05) is 43.3 Å². The fraction of sp³-hybridized carbons (Fsp3) is 0.464. The molecule has 0 spiro atoms. The lowest BCUT2D eigenvalue weighted by Crippen LogP contribution is -2.63. The molecule has 3 rings (SSSR count). The predicted molar refractivity (Wildman–Crippen MR) is 146 cm³/mol. The van der Waals surface area contributed by atoms with Gasteiger partial charge in [-0.1, -0.05) is 37.6 Å². The SMILES string of the molecule is CCCCN(C)C=O.COc1ccc(CNC(=O)N2CN(C(C)Cc3ccc(O)cc3)C(=O)CN2C)cc1. The van der Waals surface area contributed by atoms with Crippen molar-refractivity contribution in [2.75, 3.05) is 41.0 Å². The second kappa shape index (κ2) is 15.5. The molecule has 4 amide bonds. The van der Waals surface area contributed by atoms with Crippen LogP contribution in [0.4, 0.5) is 4.79 Å². The van der Waals surface area contributed by atoms with Crippen LogP contribution in [-0.2, 0) is 22.6 Å². The molecule has 1 heterocycles. The minimum atomic E-state index is -0.261. The summed E-state index contributed by atoms with van der Waals surface area (Å²) in [5.74, 6) is 0.947. The highest BCUT2D eigenvalue weighted by Crippen LogP contribution is 2.17. The fourth-order valence-corrected chi connectivity index (χ4v) is 3.86. The number of urea groups is 1. The maximum Gasteiger partial charge on any atom is 0.333 e. The van der Waals surface area contributed by atoms with Crippen LogP contribution in [-0.4, -0.2) is 90.3 Å². The highest BCUT2D eigenvalue weighted by atomic mass is 16.5. The van der Waals surface area contributed by atoms with Crippen molar-refractivity contribution in [3.63, 3.8) is 0 Å². The van der Waals surface area contributed by atoms with Crippen molar-refractivity contribution < 1.29 is 24.2 Å². The molecular weight excluding hydrogens is 486 g/mol. The first-order chi connectivity index (χ1) is 18.2. The molecule has 1 aliphatic rings. The number of methoxy groups -OCH3 is 1. The van der Waals surface area contributed by atoms with Gasteiger partial charge in [-0.15, -0.1) is 0 Å². The molecule has 2 aromatic rings. The van der Waals surface area contributed by atoms with Gasteiger partial charge in [0.15, 0.2) is 0 Å². The van der Waals surface area contributed by atoms with Gasteiger partial charge in [-0.05, 0) is 55.2 Å². The van der Waals surface area contributed by atoms with Crippen LogP contribution in [0.1, 0.15) is 37.8 Å². The highest BCUT2D eigenvalue weighted by Gasteiger charge is 2.33. The number of benzene rings is 2. The Labute approximate surface area is 225 Å². The van der Waals surface area contributed by atoms with E-state index in [2.05, 4.69) is 12.2 Å². The van der Waals surface area contributed by atoms with Crippen molar-refractivity contribution in [1.82, 2.24) is 25.1 Å². The van der Waals surface area contributed by atoms with Crippen LogP contribution < -0.4 is 10.1 Å². The van der Waals surface area contributed by atoms with Crippen molar-refractivity contribution in [2.24, 2.45) is 0 Å². The molecule has 1 unspecified atom stereocenters. The van der Waals surface area contributed by atoms with Crippen LogP contribution in [0.15, 0.2) is 48.5 Å². The number of ether oxygens (including phenoxy) is 1. The Hall–Kier alpha value is -3.79. The molecule has 1 atom stereocenters. The van der Waals surface area contributed by atoms with Crippen LogP contribution in [0.3, 0.4) is 0 Å². The van der Waals surface area contributed by atoms with Gasteiger partial charge in [0.25, 0.3) is 0 Å². The Kier molecular flexibility index (Phi) is 12.4. The number of hydrogen-bond acceptors (Lipinski definition) is 6. The van der Waals surface area contributed by atoms with Crippen LogP contribution in [0.5, 0.6) is 11.5 Å². The summed E-state index contributed by atoms with van der Waals surface area (Å²) in [6.07, 6.45) is 3.75. The third-order valence-corrected chi connectivity index (χ3v) is 6.26. The summed E-state index contributed by atoms with van der Waals surface area (Å²) in [4.78, 5) is 38.6. The van der Waals surface area contributed by atoms with Crippen LogP contribution >= 0.6 is 0 Å². The number of carbonyl (C=O) groups is 3. The molecule has 38 heavy (non-hydrogen) atoms. The van der Waals surface area contributed by atoms with Gasteiger partial charge in [0.1, 0.15) is 18.2 Å². The van der Waals surface area contributed by atoms with Gasteiger partial charge >= 0.3 is 6.03 Å². The molecular formula is C28H41N5O5. The van der Waals surface area contributed by atoms with Gasteiger partial charge in [0.2, 0.25) is 12.3 Å². The van der Waals surface area contributed by atoms with Crippen molar-refractivity contribution in [1.29, 1.82) is 0 Å². The van der Waals surface area contributed by atoms with Gasteiger partial charge < -0.3 is 25.0 Å². The average Bonchev–Trinajstić information content (AvgIpc) is 2.92. The molecule has 0 bridgehead atoms. The van der Waals surface area contributed by atoms with E-state index >= 15 is 0 Å². The predicted octanol–water partition coefficient (Wildman–Crippen LogP) is 3.06. The van der Waals surface area contributed by atoms with Crippen molar-refractivity contribution in [3.8, 4) is 11.5 Å². The average molecular weight is 528 g/mol. The summed E-state index contributed by atoms with van der Waals surface area (Å²) in [5.41, 5.74) is 1.97. The number of hydrazine groups is 1. The molecule has 0 radical (unpaired) electrons. The summed E-state index contributed by atoms with van der Waals surface area (Å²) >= 11 is 0. The molecule has 2 N–H and O–H groups in total. The highest BCUT2D eigenvalue weighted by molar-refractivity contribution is 5.82. The van der Waals surface area contributed by atoms with E-state index in [0.717, 1.165) is 42.7 Å². The van der Waals surface area contributed by atoms with E-state index in [4.69, 9.17) is 4.74 Å². The zero-order valence-electron chi connectivity index (χ0n) is 23.1. The molecule has 0 aromatic heterocycles. The summed E-state index contributed by atoms with van der Waals surface area (Å²) in [6.45, 7) is 5.66. The minimum absolute atomic E-state index is 0.0250. The third-order valence-electron chi connectivity index (χ3n) is 6.26. The van der Waals surface area contributed by atoms with Crippen molar-refractivity contribution in [2.45, 2.75) is 45.7 Å². The van der Waals surface area contributed by atoms with Gasteiger partial charge in [-0.3, -0.25) is 9.59 Å². The Morgan fingerprint density at radius 1 is 1.16 bits per heavy atom. The molecule has 208 valence electrons. The van der Waals surface area contributed by atoms with E-state index in [-0.39, 0.29) is 36.9 Å². The number of amides is 4. The molecule has 0 aliphatic carbocycles. The molecule has 1 saturated heterocycles. The Bertz CT molecular complexity index is 1020. The zero-order chi connectivity index (χ0) is 28.1. The lowest BCUT2D eigenvalue weighted by Gasteiger charge is -2.43. The Balaban J connectivity index is 0.000000550. The molecule has 10 heteroatoms. The number of rotatable bonds is 10. The molecule has 1 fully saturated rings. The van der Waals surface area contributed by atoms with Crippen LogP contribution in [0.25, 0.3) is 0 Å². The lowest BCUT2D eigenvalue weighted by atomic mass is 10.1. The molecule has 10 nitrogen and oxygen atoms in total. The minimum Gasteiger partial charge on any atom is -0.508 e. The van der Waals surface area contributed by atoms with Crippen LogP contribution in [0, 0.1) is 0 Å². The summed E-state index contributed by atoms with van der Waals surface area (Å²) in [6, 6.07) is 14.1. The Morgan fingerprint density at radius 2 is 1.79 bits per heavy atom. The van der Waals surface area contributed by atoms with E-state index in [0.29, 0.717) is 13.0 Å². The second-order valence-electron chi connectivity index (χ2n) is 9.39. The van der Waals surface area contributed by atoms with Crippen molar-refractivity contribution in [3.05, 3.63) is 59.7 Å². The number of phenolic OH excluding ortho intramolecular Hbond substituents is 1. The number of aromatic hydroxyl groups is 1. The lowest BCUT2D eigenvalue weighted by molar-refractivity contribution is -0.153. The van der Waals surface area contributed by atoms with Gasteiger partial charge in [-0.25, -0.2) is 14.8 Å². The quantitative estimate of drug-likeness (QED) is 0.460. The van der Waals surface area contributed by atoms with Gasteiger partial charge in [-0.2, -0.15) is 0 Å². The number of nitrogens with zero attached hydrogens (tertiary/aromatic N) is 4. The second-order valence-corrected chi connectivity index (χ2v) is 9.39. The first kappa shape index (κ1) is 30.4.